The Labute approximate surface area is 255 Å². The SMILES string of the molecule is Cc1cc(N2CCN(Cc3ccc4c(c3)OCO4)C(CC(=O)NCCc3ccc4c(c3)COCO4)C2)nc(-c2ncc[nH]2)n1. The Morgan fingerprint density at radius 2 is 1.86 bits per heavy atom. The number of benzene rings is 2. The molecule has 0 bridgehead atoms. The summed E-state index contributed by atoms with van der Waals surface area (Å²) in [6.07, 6.45) is 4.55. The van der Waals surface area contributed by atoms with Gasteiger partial charge in [0, 0.05) is 74.9 Å². The van der Waals surface area contributed by atoms with E-state index in [2.05, 4.69) is 42.2 Å². The maximum atomic E-state index is 13.3. The normalized spacial score (nSPS) is 17.7. The lowest BCUT2D eigenvalue weighted by atomic mass is 10.0. The van der Waals surface area contributed by atoms with Crippen LogP contribution in [0.25, 0.3) is 11.6 Å². The molecule has 3 aliphatic heterocycles. The summed E-state index contributed by atoms with van der Waals surface area (Å²) in [5.74, 6) is 4.43. The molecule has 228 valence electrons. The Hall–Kier alpha value is -4.68. The number of amides is 1. The summed E-state index contributed by atoms with van der Waals surface area (Å²) in [4.78, 5) is 34.8. The van der Waals surface area contributed by atoms with Gasteiger partial charge in [-0.15, -0.1) is 0 Å². The summed E-state index contributed by atoms with van der Waals surface area (Å²) in [7, 11) is 0. The summed E-state index contributed by atoms with van der Waals surface area (Å²) in [6, 6.07) is 14.1. The number of aromatic amines is 1. The Bertz CT molecular complexity index is 1630. The zero-order valence-corrected chi connectivity index (χ0v) is 24.6. The number of nitrogens with zero attached hydrogens (tertiary/aromatic N) is 5. The van der Waals surface area contributed by atoms with E-state index >= 15 is 0 Å². The molecule has 12 nitrogen and oxygen atoms in total. The van der Waals surface area contributed by atoms with Crippen LogP contribution < -0.4 is 24.4 Å². The fourth-order valence-electron chi connectivity index (χ4n) is 5.92. The lowest BCUT2D eigenvalue weighted by Gasteiger charge is -2.42. The van der Waals surface area contributed by atoms with Crippen LogP contribution in [-0.2, 0) is 29.1 Å². The number of nitrogens with one attached hydrogen (secondary N) is 2. The number of piperazine rings is 1. The highest BCUT2D eigenvalue weighted by atomic mass is 16.7. The van der Waals surface area contributed by atoms with E-state index in [4.69, 9.17) is 23.9 Å². The molecule has 0 saturated carbocycles. The maximum absolute atomic E-state index is 13.3. The monoisotopic (exact) mass is 597 g/mol. The number of rotatable bonds is 9. The van der Waals surface area contributed by atoms with Crippen LogP contribution in [0.1, 0.15) is 28.8 Å². The van der Waals surface area contributed by atoms with E-state index < -0.39 is 0 Å². The van der Waals surface area contributed by atoms with Crippen LogP contribution in [0.4, 0.5) is 5.82 Å². The Balaban J connectivity index is 1.04. The second-order valence-corrected chi connectivity index (χ2v) is 11.2. The van der Waals surface area contributed by atoms with E-state index in [-0.39, 0.29) is 25.5 Å². The van der Waals surface area contributed by atoms with Crippen LogP contribution in [0.2, 0.25) is 0 Å². The number of aromatic nitrogens is 4. The zero-order chi connectivity index (χ0) is 29.9. The van der Waals surface area contributed by atoms with Crippen molar-refractivity contribution in [3.8, 4) is 28.9 Å². The van der Waals surface area contributed by atoms with Gasteiger partial charge in [0.05, 0.1) is 6.61 Å². The molecule has 0 aliphatic carbocycles. The molecule has 1 amide bonds. The van der Waals surface area contributed by atoms with Crippen molar-refractivity contribution in [3.05, 3.63) is 77.2 Å². The van der Waals surface area contributed by atoms with Crippen molar-refractivity contribution in [3.63, 3.8) is 0 Å². The molecule has 3 aliphatic rings. The number of H-pyrrole nitrogens is 1. The summed E-state index contributed by atoms with van der Waals surface area (Å²) < 4.78 is 22.0. The van der Waals surface area contributed by atoms with Gasteiger partial charge in [0.2, 0.25) is 12.7 Å². The summed E-state index contributed by atoms with van der Waals surface area (Å²) in [5.41, 5.74) is 4.15. The molecule has 7 rings (SSSR count). The van der Waals surface area contributed by atoms with Gasteiger partial charge in [0.15, 0.2) is 29.9 Å². The lowest BCUT2D eigenvalue weighted by Crippen LogP contribution is -2.54. The Morgan fingerprint density at radius 1 is 1.00 bits per heavy atom. The number of carbonyl (C=O) groups is 1. The first-order valence-electron chi connectivity index (χ1n) is 14.9. The fourth-order valence-corrected chi connectivity index (χ4v) is 5.92. The topological polar surface area (TPSA) is 127 Å². The van der Waals surface area contributed by atoms with Crippen molar-refractivity contribution in [2.75, 3.05) is 44.7 Å². The number of anilines is 1. The largest absolute Gasteiger partial charge is 0.467 e. The van der Waals surface area contributed by atoms with E-state index in [0.717, 1.165) is 65.0 Å². The van der Waals surface area contributed by atoms with E-state index in [9.17, 15) is 4.79 Å². The first-order valence-corrected chi connectivity index (χ1v) is 14.9. The second kappa shape index (κ2) is 12.5. The molecule has 0 spiro atoms. The smallest absolute Gasteiger partial charge is 0.231 e. The molecule has 2 N–H and O–H groups in total. The third-order valence-corrected chi connectivity index (χ3v) is 8.14. The van der Waals surface area contributed by atoms with Crippen LogP contribution in [0, 0.1) is 6.92 Å². The van der Waals surface area contributed by atoms with Gasteiger partial charge in [-0.3, -0.25) is 9.69 Å². The van der Waals surface area contributed by atoms with Crippen LogP contribution in [0.15, 0.2) is 54.9 Å². The molecular weight excluding hydrogens is 562 g/mol. The van der Waals surface area contributed by atoms with Crippen molar-refractivity contribution >= 4 is 11.7 Å². The van der Waals surface area contributed by atoms with Gasteiger partial charge in [0.1, 0.15) is 11.6 Å². The van der Waals surface area contributed by atoms with E-state index in [1.54, 1.807) is 12.4 Å². The minimum Gasteiger partial charge on any atom is -0.467 e. The number of fused-ring (bicyclic) bond motifs is 2. The molecule has 0 radical (unpaired) electrons. The molecule has 44 heavy (non-hydrogen) atoms. The highest BCUT2D eigenvalue weighted by molar-refractivity contribution is 5.76. The maximum Gasteiger partial charge on any atom is 0.231 e. The van der Waals surface area contributed by atoms with Crippen LogP contribution >= 0.6 is 0 Å². The summed E-state index contributed by atoms with van der Waals surface area (Å²) >= 11 is 0. The minimum atomic E-state index is -0.0328. The van der Waals surface area contributed by atoms with Crippen LogP contribution in [-0.4, -0.2) is 76.5 Å². The third-order valence-electron chi connectivity index (χ3n) is 8.14. The number of hydrogen-bond acceptors (Lipinski definition) is 10. The quantitative estimate of drug-likeness (QED) is 0.297. The lowest BCUT2D eigenvalue weighted by molar-refractivity contribution is -0.122. The van der Waals surface area contributed by atoms with E-state index in [0.29, 0.717) is 44.3 Å². The first-order chi connectivity index (χ1) is 21.6. The predicted octanol–water partition coefficient (Wildman–Crippen LogP) is 3.21. The number of imidazole rings is 1. The molecular formula is C32H35N7O5. The third kappa shape index (κ3) is 6.31. The van der Waals surface area contributed by atoms with Crippen LogP contribution in [0.5, 0.6) is 17.2 Å². The van der Waals surface area contributed by atoms with Crippen molar-refractivity contribution in [2.24, 2.45) is 0 Å². The number of aryl methyl sites for hydroxylation is 1. The van der Waals surface area contributed by atoms with Crippen molar-refractivity contribution in [1.82, 2.24) is 30.2 Å². The number of hydrogen-bond donors (Lipinski definition) is 2. The standard InChI is InChI=1S/C32H35N7O5/c1-21-12-29(37-32(36-21)31-34-8-9-35-31)39-11-10-38(16-23-3-5-27-28(14-23)44-20-43-27)25(17-39)15-30(40)33-7-6-22-2-4-26-24(13-22)18-41-19-42-26/h2-5,8-9,12-14,25H,6-7,10-11,15-20H2,1H3,(H,33,40)(H,34,35). The zero-order valence-electron chi connectivity index (χ0n) is 24.6. The molecule has 2 aromatic heterocycles. The van der Waals surface area contributed by atoms with Gasteiger partial charge in [-0.05, 0) is 48.7 Å². The van der Waals surface area contributed by atoms with E-state index in [1.165, 1.54) is 0 Å². The van der Waals surface area contributed by atoms with Gasteiger partial charge < -0.3 is 34.1 Å². The molecule has 4 aromatic rings. The first kappa shape index (κ1) is 28.1. The molecule has 1 unspecified atom stereocenters. The number of ether oxygens (including phenoxy) is 4. The minimum absolute atomic E-state index is 0.0207. The van der Waals surface area contributed by atoms with Gasteiger partial charge in [0.25, 0.3) is 0 Å². The number of carbonyl (C=O) groups excluding carboxylic acids is 1. The van der Waals surface area contributed by atoms with Crippen molar-refractivity contribution < 1.29 is 23.7 Å². The average molecular weight is 598 g/mol. The second-order valence-electron chi connectivity index (χ2n) is 11.2. The van der Waals surface area contributed by atoms with Crippen LogP contribution in [0.3, 0.4) is 0 Å². The average Bonchev–Trinajstić information content (AvgIpc) is 3.74. The van der Waals surface area contributed by atoms with Crippen molar-refractivity contribution in [2.45, 2.75) is 39.0 Å². The highest BCUT2D eigenvalue weighted by Gasteiger charge is 2.30. The molecule has 1 atom stereocenters. The predicted molar refractivity (Wildman–Crippen MR) is 161 cm³/mol. The molecule has 2 aromatic carbocycles. The highest BCUT2D eigenvalue weighted by Crippen LogP contribution is 2.33. The van der Waals surface area contributed by atoms with Gasteiger partial charge in [-0.25, -0.2) is 15.0 Å². The van der Waals surface area contributed by atoms with Gasteiger partial charge in [-0.2, -0.15) is 0 Å². The van der Waals surface area contributed by atoms with Crippen molar-refractivity contribution in [1.29, 1.82) is 0 Å². The molecule has 12 heteroatoms. The molecule has 1 saturated heterocycles. The van der Waals surface area contributed by atoms with Gasteiger partial charge in [-0.1, -0.05) is 12.1 Å². The molecule has 1 fully saturated rings. The van der Waals surface area contributed by atoms with Gasteiger partial charge >= 0.3 is 0 Å². The Kier molecular flexibility index (Phi) is 7.99. The summed E-state index contributed by atoms with van der Waals surface area (Å²) in [5, 5.41) is 3.15. The van der Waals surface area contributed by atoms with E-state index in [1.807, 2.05) is 37.3 Å². The summed E-state index contributed by atoms with van der Waals surface area (Å²) in [6.45, 7) is 6.46. The fraction of sp³-hybridized carbons (Fsp3) is 0.375. The Morgan fingerprint density at radius 3 is 2.77 bits per heavy atom. The molecule has 5 heterocycles.